The highest BCUT2D eigenvalue weighted by molar-refractivity contribution is 6.05. The van der Waals surface area contributed by atoms with Gasteiger partial charge in [-0.15, -0.1) is 6.58 Å². The van der Waals surface area contributed by atoms with E-state index in [0.29, 0.717) is 0 Å². The van der Waals surface area contributed by atoms with Crippen LogP contribution in [-0.4, -0.2) is 26.9 Å². The molecule has 0 aliphatic carbocycles. The normalized spacial score (nSPS) is 19.1. The largest absolute Gasteiger partial charge is 0.302 e. The zero-order valence-electron chi connectivity index (χ0n) is 15.8. The maximum atomic E-state index is 4.75. The van der Waals surface area contributed by atoms with Crippen molar-refractivity contribution < 1.29 is 0 Å². The van der Waals surface area contributed by atoms with Gasteiger partial charge in [0.25, 0.3) is 0 Å². The van der Waals surface area contributed by atoms with Crippen LogP contribution in [0.4, 0.5) is 0 Å². The molecule has 5 nitrogen and oxygen atoms in total. The summed E-state index contributed by atoms with van der Waals surface area (Å²) in [6.07, 6.45) is 9.06. The molecule has 0 radical (unpaired) electrons. The molecule has 3 heterocycles. The molecule has 1 aliphatic rings. The summed E-state index contributed by atoms with van der Waals surface area (Å²) in [6, 6.07) is 2.27. The SMILES string of the molecule is C=CC1NN=C(C(=C)C)C1c1cnc(-c2cn[nH]c2C)cc1CCCC. The van der Waals surface area contributed by atoms with Gasteiger partial charge in [-0.3, -0.25) is 10.1 Å². The topological polar surface area (TPSA) is 66.0 Å². The fourth-order valence-electron chi connectivity index (χ4n) is 3.48. The number of hydrogen-bond donors (Lipinski definition) is 2. The maximum absolute atomic E-state index is 4.75. The summed E-state index contributed by atoms with van der Waals surface area (Å²) in [6.45, 7) is 14.3. The van der Waals surface area contributed by atoms with E-state index in [9.17, 15) is 0 Å². The number of unbranched alkanes of at least 4 members (excludes halogenated alkanes) is 1. The van der Waals surface area contributed by atoms with Crippen LogP contribution in [0.2, 0.25) is 0 Å². The summed E-state index contributed by atoms with van der Waals surface area (Å²) in [4.78, 5) is 4.75. The molecule has 136 valence electrons. The number of hydrazone groups is 1. The minimum atomic E-state index is 0.0605. The van der Waals surface area contributed by atoms with Gasteiger partial charge >= 0.3 is 0 Å². The van der Waals surface area contributed by atoms with Crippen molar-refractivity contribution in [3.63, 3.8) is 0 Å². The third-order valence-corrected chi connectivity index (χ3v) is 4.94. The Hall–Kier alpha value is -2.69. The molecule has 0 aromatic carbocycles. The molecule has 2 unspecified atom stereocenters. The minimum absolute atomic E-state index is 0.0605. The van der Waals surface area contributed by atoms with Crippen molar-refractivity contribution in [3.05, 3.63) is 60.1 Å². The van der Waals surface area contributed by atoms with E-state index in [1.54, 1.807) is 0 Å². The number of rotatable bonds is 7. The van der Waals surface area contributed by atoms with Gasteiger partial charge in [-0.05, 0) is 49.5 Å². The van der Waals surface area contributed by atoms with Gasteiger partial charge < -0.3 is 5.43 Å². The molecule has 0 saturated heterocycles. The average Bonchev–Trinajstić information content (AvgIpc) is 3.25. The molecule has 3 rings (SSSR count). The first-order valence-electron chi connectivity index (χ1n) is 9.17. The highest BCUT2D eigenvalue weighted by Gasteiger charge is 2.33. The van der Waals surface area contributed by atoms with Gasteiger partial charge in [0.15, 0.2) is 0 Å². The monoisotopic (exact) mass is 349 g/mol. The third kappa shape index (κ3) is 3.34. The first-order chi connectivity index (χ1) is 12.6. The number of hydrogen-bond acceptors (Lipinski definition) is 4. The second-order valence-electron chi connectivity index (χ2n) is 6.93. The molecule has 2 aromatic rings. The predicted molar refractivity (Wildman–Crippen MR) is 107 cm³/mol. The fourth-order valence-corrected chi connectivity index (χ4v) is 3.48. The van der Waals surface area contributed by atoms with E-state index in [2.05, 4.69) is 46.9 Å². The quantitative estimate of drug-likeness (QED) is 0.733. The second kappa shape index (κ2) is 7.68. The molecule has 2 aromatic heterocycles. The minimum Gasteiger partial charge on any atom is -0.302 e. The van der Waals surface area contributed by atoms with E-state index in [-0.39, 0.29) is 12.0 Å². The van der Waals surface area contributed by atoms with E-state index in [1.165, 1.54) is 11.1 Å². The Labute approximate surface area is 155 Å². The lowest BCUT2D eigenvalue weighted by Gasteiger charge is -2.22. The number of allylic oxidation sites excluding steroid dienone is 1. The molecule has 5 heteroatoms. The van der Waals surface area contributed by atoms with Gasteiger partial charge in [0, 0.05) is 17.5 Å². The number of aromatic nitrogens is 3. The van der Waals surface area contributed by atoms with E-state index in [4.69, 9.17) is 4.98 Å². The molecule has 1 aliphatic heterocycles. The molecule has 0 saturated carbocycles. The molecular weight excluding hydrogens is 322 g/mol. The summed E-state index contributed by atoms with van der Waals surface area (Å²) in [5.74, 6) is 0.101. The Balaban J connectivity index is 2.08. The first kappa shape index (κ1) is 18.1. The van der Waals surface area contributed by atoms with Gasteiger partial charge in [0.1, 0.15) is 0 Å². The average molecular weight is 349 g/mol. The summed E-state index contributed by atoms with van der Waals surface area (Å²) in [5, 5.41) is 11.6. The Bertz CT molecular complexity index is 846. The van der Waals surface area contributed by atoms with Crippen LogP contribution in [0.15, 0.2) is 48.4 Å². The van der Waals surface area contributed by atoms with Gasteiger partial charge in [0.05, 0.1) is 29.6 Å². The van der Waals surface area contributed by atoms with Crippen molar-refractivity contribution in [3.8, 4) is 11.3 Å². The first-order valence-corrected chi connectivity index (χ1v) is 9.17. The summed E-state index contributed by atoms with van der Waals surface area (Å²) in [5.41, 5.74) is 10.7. The summed E-state index contributed by atoms with van der Waals surface area (Å²) >= 11 is 0. The number of nitrogens with zero attached hydrogens (tertiary/aromatic N) is 3. The Morgan fingerprint density at radius 3 is 2.77 bits per heavy atom. The van der Waals surface area contributed by atoms with Crippen molar-refractivity contribution in [1.82, 2.24) is 20.6 Å². The fraction of sp³-hybridized carbons (Fsp3) is 0.381. The zero-order valence-corrected chi connectivity index (χ0v) is 15.8. The van der Waals surface area contributed by atoms with Crippen molar-refractivity contribution in [2.45, 2.75) is 52.0 Å². The molecule has 0 amide bonds. The number of nitrogens with one attached hydrogen (secondary N) is 2. The van der Waals surface area contributed by atoms with Crippen LogP contribution in [0, 0.1) is 6.92 Å². The maximum Gasteiger partial charge on any atom is 0.0743 e. The molecule has 2 atom stereocenters. The van der Waals surface area contributed by atoms with Crippen LogP contribution >= 0.6 is 0 Å². The Morgan fingerprint density at radius 1 is 1.35 bits per heavy atom. The number of aryl methyl sites for hydroxylation is 2. The molecule has 0 spiro atoms. The summed E-state index contributed by atoms with van der Waals surface area (Å²) < 4.78 is 0. The van der Waals surface area contributed by atoms with E-state index in [1.807, 2.05) is 32.3 Å². The van der Waals surface area contributed by atoms with Crippen LogP contribution in [0.1, 0.15) is 49.4 Å². The van der Waals surface area contributed by atoms with E-state index < -0.39 is 0 Å². The van der Waals surface area contributed by atoms with Gasteiger partial charge in [-0.2, -0.15) is 10.2 Å². The van der Waals surface area contributed by atoms with Crippen LogP contribution < -0.4 is 5.43 Å². The van der Waals surface area contributed by atoms with E-state index >= 15 is 0 Å². The van der Waals surface area contributed by atoms with Crippen LogP contribution in [0.25, 0.3) is 11.3 Å². The molecule has 2 N–H and O–H groups in total. The van der Waals surface area contributed by atoms with Crippen molar-refractivity contribution in [2.24, 2.45) is 5.10 Å². The number of aromatic amines is 1. The molecule has 0 bridgehead atoms. The van der Waals surface area contributed by atoms with Crippen molar-refractivity contribution in [1.29, 1.82) is 0 Å². The van der Waals surface area contributed by atoms with Crippen LogP contribution in [-0.2, 0) is 6.42 Å². The number of pyridine rings is 1. The highest BCUT2D eigenvalue weighted by Crippen LogP contribution is 2.33. The molecular formula is C21H27N5. The van der Waals surface area contributed by atoms with Gasteiger partial charge in [0.2, 0.25) is 0 Å². The highest BCUT2D eigenvalue weighted by atomic mass is 15.3. The molecule has 0 fully saturated rings. The predicted octanol–water partition coefficient (Wildman–Crippen LogP) is 4.30. The van der Waals surface area contributed by atoms with Gasteiger partial charge in [-0.25, -0.2) is 0 Å². The van der Waals surface area contributed by atoms with Crippen LogP contribution in [0.3, 0.4) is 0 Å². The van der Waals surface area contributed by atoms with Crippen molar-refractivity contribution >= 4 is 5.71 Å². The Kier molecular flexibility index (Phi) is 5.35. The van der Waals surface area contributed by atoms with Crippen LogP contribution in [0.5, 0.6) is 0 Å². The van der Waals surface area contributed by atoms with Gasteiger partial charge in [-0.1, -0.05) is 26.0 Å². The third-order valence-electron chi connectivity index (χ3n) is 4.94. The second-order valence-corrected chi connectivity index (χ2v) is 6.93. The lowest BCUT2D eigenvalue weighted by atomic mass is 9.83. The number of H-pyrrole nitrogens is 1. The van der Waals surface area contributed by atoms with E-state index in [0.717, 1.165) is 47.5 Å². The zero-order chi connectivity index (χ0) is 18.7. The lowest BCUT2D eigenvalue weighted by Crippen LogP contribution is -2.27. The Morgan fingerprint density at radius 2 is 2.15 bits per heavy atom. The van der Waals surface area contributed by atoms with Crippen molar-refractivity contribution in [2.75, 3.05) is 0 Å². The smallest absolute Gasteiger partial charge is 0.0743 e. The summed E-state index contributed by atoms with van der Waals surface area (Å²) in [7, 11) is 0. The lowest BCUT2D eigenvalue weighted by molar-refractivity contribution is 0.637. The molecule has 26 heavy (non-hydrogen) atoms. The standard InChI is InChI=1S/C21H27N5/c1-6-8-9-15-10-19(16-12-23-24-14(16)5)22-11-17(15)20-18(7-2)25-26-21(20)13(3)4/h7,10-12,18,20,25H,2-3,6,8-9H2,1,4-5H3,(H,23,24).